The van der Waals surface area contributed by atoms with Crippen LogP contribution in [0.25, 0.3) is 0 Å². The van der Waals surface area contributed by atoms with E-state index in [1.165, 1.54) is 11.1 Å². The quantitative estimate of drug-likeness (QED) is 0.758. The molecule has 1 aromatic carbocycles. The molecule has 1 heterocycles. The zero-order valence-electron chi connectivity index (χ0n) is 11.9. The molecule has 104 valence electrons. The molecule has 1 aromatic heterocycles. The highest BCUT2D eigenvalue weighted by atomic mass is 35.5. The van der Waals surface area contributed by atoms with Gasteiger partial charge in [-0.3, -0.25) is 0 Å². The number of halogens is 1. The maximum Gasteiger partial charge on any atom is 0.133 e. The Balaban J connectivity index is 1.91. The number of nitrogens with zero attached hydrogens (tertiary/aromatic N) is 2. The van der Waals surface area contributed by atoms with Gasteiger partial charge in [0.15, 0.2) is 0 Å². The molecular weight excluding hydrogens is 268 g/mol. The Hall–Kier alpha value is -1.41. The molecule has 0 saturated carbocycles. The molecule has 1 unspecified atom stereocenters. The molecule has 2 nitrogen and oxygen atoms in total. The Bertz CT molecular complexity index is 622. The van der Waals surface area contributed by atoms with Crippen molar-refractivity contribution in [3.05, 3.63) is 58.1 Å². The van der Waals surface area contributed by atoms with Gasteiger partial charge in [0.2, 0.25) is 0 Å². The molecule has 1 aliphatic carbocycles. The van der Waals surface area contributed by atoms with E-state index in [9.17, 15) is 0 Å². The van der Waals surface area contributed by atoms with Crippen molar-refractivity contribution in [1.29, 1.82) is 0 Å². The summed E-state index contributed by atoms with van der Waals surface area (Å²) in [6.45, 7) is 4.28. The summed E-state index contributed by atoms with van der Waals surface area (Å²) in [4.78, 5) is 9.20. The summed E-state index contributed by atoms with van der Waals surface area (Å²) in [5, 5.41) is 0.567. The lowest BCUT2D eigenvalue weighted by Crippen LogP contribution is -2.16. The first-order chi connectivity index (χ1) is 9.63. The normalized spacial score (nSPS) is 18.1. The molecular formula is C17H19ClN2. The summed E-state index contributed by atoms with van der Waals surface area (Å²) in [7, 11) is 0. The summed E-state index contributed by atoms with van der Waals surface area (Å²) in [6, 6.07) is 10.6. The van der Waals surface area contributed by atoms with Crippen LogP contribution in [0.15, 0.2) is 30.3 Å². The van der Waals surface area contributed by atoms with Crippen molar-refractivity contribution in [1.82, 2.24) is 9.97 Å². The van der Waals surface area contributed by atoms with Crippen LogP contribution in [0.3, 0.4) is 0 Å². The van der Waals surface area contributed by atoms with Crippen molar-refractivity contribution in [2.45, 2.75) is 44.9 Å². The number of aryl methyl sites for hydroxylation is 1. The fraction of sp³-hybridized carbons (Fsp3) is 0.412. The van der Waals surface area contributed by atoms with E-state index >= 15 is 0 Å². The predicted octanol–water partition coefficient (Wildman–Crippen LogP) is 4.53. The SMILES string of the molecule is CC(C)c1cc(Cl)nc(C2CCc3ccccc3C2)n1. The van der Waals surface area contributed by atoms with Crippen LogP contribution >= 0.6 is 11.6 Å². The van der Waals surface area contributed by atoms with Crippen LogP contribution in [0, 0.1) is 0 Å². The number of aromatic nitrogens is 2. The molecule has 0 saturated heterocycles. The minimum atomic E-state index is 0.380. The van der Waals surface area contributed by atoms with Crippen LogP contribution in [0.1, 0.15) is 54.7 Å². The molecule has 0 bridgehead atoms. The van der Waals surface area contributed by atoms with Crippen LogP contribution in [0.5, 0.6) is 0 Å². The lowest BCUT2D eigenvalue weighted by Gasteiger charge is -2.24. The third-order valence-corrected chi connectivity index (χ3v) is 4.23. The second-order valence-electron chi connectivity index (χ2n) is 5.84. The number of fused-ring (bicyclic) bond motifs is 1. The fourth-order valence-electron chi connectivity index (χ4n) is 2.85. The van der Waals surface area contributed by atoms with Gasteiger partial charge in [0.25, 0.3) is 0 Å². The molecule has 0 radical (unpaired) electrons. The minimum Gasteiger partial charge on any atom is -0.237 e. The van der Waals surface area contributed by atoms with E-state index in [1.807, 2.05) is 6.07 Å². The van der Waals surface area contributed by atoms with E-state index in [0.717, 1.165) is 30.8 Å². The largest absolute Gasteiger partial charge is 0.237 e. The molecule has 0 aliphatic heterocycles. The second-order valence-corrected chi connectivity index (χ2v) is 6.22. The fourth-order valence-corrected chi connectivity index (χ4v) is 3.05. The van der Waals surface area contributed by atoms with Crippen molar-refractivity contribution in [2.75, 3.05) is 0 Å². The van der Waals surface area contributed by atoms with Crippen molar-refractivity contribution in [2.24, 2.45) is 0 Å². The lowest BCUT2D eigenvalue weighted by molar-refractivity contribution is 0.550. The number of hydrogen-bond donors (Lipinski definition) is 0. The Labute approximate surface area is 125 Å². The van der Waals surface area contributed by atoms with Crippen molar-refractivity contribution >= 4 is 11.6 Å². The van der Waals surface area contributed by atoms with Crippen molar-refractivity contribution < 1.29 is 0 Å². The highest BCUT2D eigenvalue weighted by Crippen LogP contribution is 2.32. The molecule has 20 heavy (non-hydrogen) atoms. The van der Waals surface area contributed by atoms with Gasteiger partial charge in [-0.2, -0.15) is 0 Å². The second kappa shape index (κ2) is 5.53. The van der Waals surface area contributed by atoms with Crippen LogP contribution in [0.4, 0.5) is 0 Å². The van der Waals surface area contributed by atoms with Crippen molar-refractivity contribution in [3.8, 4) is 0 Å². The molecule has 0 fully saturated rings. The highest BCUT2D eigenvalue weighted by Gasteiger charge is 2.23. The van der Waals surface area contributed by atoms with Gasteiger partial charge in [-0.15, -0.1) is 0 Å². The van der Waals surface area contributed by atoms with E-state index in [4.69, 9.17) is 16.6 Å². The maximum atomic E-state index is 6.16. The van der Waals surface area contributed by atoms with E-state index in [2.05, 4.69) is 43.1 Å². The number of hydrogen-bond acceptors (Lipinski definition) is 2. The van der Waals surface area contributed by atoms with Gasteiger partial charge in [0, 0.05) is 11.6 Å². The summed E-state index contributed by atoms with van der Waals surface area (Å²) >= 11 is 6.16. The first kappa shape index (κ1) is 13.6. The van der Waals surface area contributed by atoms with Crippen LogP contribution in [0.2, 0.25) is 5.15 Å². The highest BCUT2D eigenvalue weighted by molar-refractivity contribution is 6.29. The average Bonchev–Trinajstić information content (AvgIpc) is 2.46. The van der Waals surface area contributed by atoms with Gasteiger partial charge in [-0.05, 0) is 42.4 Å². The predicted molar refractivity (Wildman–Crippen MR) is 82.3 cm³/mol. The molecule has 3 heteroatoms. The van der Waals surface area contributed by atoms with Gasteiger partial charge in [-0.1, -0.05) is 49.7 Å². The Morgan fingerprint density at radius 3 is 2.65 bits per heavy atom. The summed E-state index contributed by atoms with van der Waals surface area (Å²) in [6.07, 6.45) is 3.23. The van der Waals surface area contributed by atoms with Crippen LogP contribution in [-0.4, -0.2) is 9.97 Å². The number of benzene rings is 1. The first-order valence-electron chi connectivity index (χ1n) is 7.24. The van der Waals surface area contributed by atoms with Crippen molar-refractivity contribution in [3.63, 3.8) is 0 Å². The Kier molecular flexibility index (Phi) is 3.75. The molecule has 0 N–H and O–H groups in total. The average molecular weight is 287 g/mol. The Morgan fingerprint density at radius 1 is 1.15 bits per heavy atom. The van der Waals surface area contributed by atoms with Gasteiger partial charge < -0.3 is 0 Å². The minimum absolute atomic E-state index is 0.380. The standard InChI is InChI=1S/C17H19ClN2/c1-11(2)15-10-16(18)20-17(19-15)14-8-7-12-5-3-4-6-13(12)9-14/h3-6,10-11,14H,7-9H2,1-2H3. The smallest absolute Gasteiger partial charge is 0.133 e. The zero-order chi connectivity index (χ0) is 14.1. The first-order valence-corrected chi connectivity index (χ1v) is 7.62. The third kappa shape index (κ3) is 2.71. The van der Waals surface area contributed by atoms with Gasteiger partial charge in [-0.25, -0.2) is 9.97 Å². The summed E-state index contributed by atoms with van der Waals surface area (Å²) in [5.74, 6) is 1.68. The van der Waals surface area contributed by atoms with E-state index < -0.39 is 0 Å². The van der Waals surface area contributed by atoms with Crippen LogP contribution in [-0.2, 0) is 12.8 Å². The summed E-state index contributed by atoms with van der Waals surface area (Å²) in [5.41, 5.74) is 3.94. The van der Waals surface area contributed by atoms with Gasteiger partial charge in [0.1, 0.15) is 11.0 Å². The van der Waals surface area contributed by atoms with E-state index in [-0.39, 0.29) is 0 Å². The molecule has 3 rings (SSSR count). The molecule has 2 aromatic rings. The monoisotopic (exact) mass is 286 g/mol. The molecule has 0 amide bonds. The zero-order valence-corrected chi connectivity index (χ0v) is 12.7. The Morgan fingerprint density at radius 2 is 1.90 bits per heavy atom. The molecule has 1 atom stereocenters. The van der Waals surface area contributed by atoms with Crippen LogP contribution < -0.4 is 0 Å². The number of rotatable bonds is 2. The van der Waals surface area contributed by atoms with E-state index in [1.54, 1.807) is 0 Å². The maximum absolute atomic E-state index is 6.16. The summed E-state index contributed by atoms with van der Waals surface area (Å²) < 4.78 is 0. The van der Waals surface area contributed by atoms with Gasteiger partial charge >= 0.3 is 0 Å². The molecule has 0 spiro atoms. The molecule has 1 aliphatic rings. The lowest BCUT2D eigenvalue weighted by atomic mass is 9.83. The van der Waals surface area contributed by atoms with E-state index in [0.29, 0.717) is 17.0 Å². The third-order valence-electron chi connectivity index (χ3n) is 4.04. The van der Waals surface area contributed by atoms with Gasteiger partial charge in [0.05, 0.1) is 0 Å². The topological polar surface area (TPSA) is 25.8 Å².